The van der Waals surface area contributed by atoms with Crippen molar-refractivity contribution in [3.8, 4) is 5.69 Å². The number of carbonyl (C=O) groups is 1. The minimum Gasteiger partial charge on any atom is -0.469 e. The van der Waals surface area contributed by atoms with Crippen LogP contribution in [0.25, 0.3) is 10.6 Å². The van der Waals surface area contributed by atoms with E-state index in [1.54, 1.807) is 11.8 Å². The summed E-state index contributed by atoms with van der Waals surface area (Å²) < 4.78 is 6.90. The molecule has 0 saturated heterocycles. The highest BCUT2D eigenvalue weighted by molar-refractivity contribution is 8.08. The fourth-order valence-electron chi connectivity index (χ4n) is 3.50. The van der Waals surface area contributed by atoms with Crippen molar-refractivity contribution in [2.75, 3.05) is 12.9 Å². The zero-order valence-corrected chi connectivity index (χ0v) is 16.6. The van der Waals surface area contributed by atoms with Crippen molar-refractivity contribution >= 4 is 22.6 Å². The average Bonchev–Trinajstić information content (AvgIpc) is 3.15. The summed E-state index contributed by atoms with van der Waals surface area (Å²) in [5.74, 6) is 0.202. The molecule has 2 heterocycles. The largest absolute Gasteiger partial charge is 0.469 e. The van der Waals surface area contributed by atoms with E-state index in [1.807, 2.05) is 60.1 Å². The van der Waals surface area contributed by atoms with Crippen LogP contribution in [-0.4, -0.2) is 33.8 Å². The Labute approximate surface area is 168 Å². The van der Waals surface area contributed by atoms with Crippen molar-refractivity contribution in [2.45, 2.75) is 12.8 Å². The molecule has 0 spiro atoms. The molecule has 1 aliphatic heterocycles. The lowest BCUT2D eigenvalue weighted by Gasteiger charge is -2.28. The minimum atomic E-state index is -0.217. The van der Waals surface area contributed by atoms with Gasteiger partial charge in [-0.15, -0.1) is 16.9 Å². The molecular formula is C22H21N3O2S. The molecule has 6 heteroatoms. The zero-order chi connectivity index (χ0) is 19.5. The van der Waals surface area contributed by atoms with Crippen LogP contribution in [0, 0.1) is 12.8 Å². The van der Waals surface area contributed by atoms with Gasteiger partial charge in [0.05, 0.1) is 24.4 Å². The van der Waals surface area contributed by atoms with E-state index < -0.39 is 0 Å². The first kappa shape index (κ1) is 18.5. The first-order chi connectivity index (χ1) is 13.7. The van der Waals surface area contributed by atoms with E-state index >= 15 is 0 Å². The van der Waals surface area contributed by atoms with Gasteiger partial charge >= 0.3 is 5.97 Å². The second-order valence-electron chi connectivity index (χ2n) is 6.68. The van der Waals surface area contributed by atoms with Crippen molar-refractivity contribution in [3.05, 3.63) is 83.7 Å². The maximum absolute atomic E-state index is 12.4. The Morgan fingerprint density at radius 1 is 1.11 bits per heavy atom. The smallest absolute Gasteiger partial charge is 0.310 e. The van der Waals surface area contributed by atoms with Crippen molar-refractivity contribution in [3.63, 3.8) is 0 Å². The Morgan fingerprint density at radius 2 is 1.79 bits per heavy atom. The topological polar surface area (TPSA) is 57.0 Å². The van der Waals surface area contributed by atoms with Crippen LogP contribution in [0.15, 0.2) is 66.7 Å². The standard InChI is InChI=1S/C22H21N3O2S/c1-15-21(23-24-25(15)17-11-7-4-8-12-17)20-13-18(16-9-5-3-6-10-16)19(14-28-20)22(26)27-2/h3-13,18-19H,14H2,1-2H3. The van der Waals surface area contributed by atoms with Gasteiger partial charge in [0.1, 0.15) is 5.69 Å². The van der Waals surface area contributed by atoms with E-state index in [1.165, 1.54) is 7.11 Å². The Bertz CT molecular complexity index is 999. The summed E-state index contributed by atoms with van der Waals surface area (Å²) in [5, 5.41) is 8.79. The van der Waals surface area contributed by atoms with Crippen LogP contribution in [0.5, 0.6) is 0 Å². The van der Waals surface area contributed by atoms with E-state index in [2.05, 4.69) is 28.5 Å². The van der Waals surface area contributed by atoms with Crippen LogP contribution in [0.2, 0.25) is 0 Å². The van der Waals surface area contributed by atoms with Gasteiger partial charge in [0, 0.05) is 16.6 Å². The number of thioether (sulfide) groups is 1. The molecule has 0 aliphatic carbocycles. The van der Waals surface area contributed by atoms with Gasteiger partial charge in [0.25, 0.3) is 0 Å². The van der Waals surface area contributed by atoms with Gasteiger partial charge in [-0.1, -0.05) is 59.8 Å². The average molecular weight is 391 g/mol. The summed E-state index contributed by atoms with van der Waals surface area (Å²) >= 11 is 1.63. The van der Waals surface area contributed by atoms with Crippen LogP contribution in [0.1, 0.15) is 22.9 Å². The monoisotopic (exact) mass is 391 g/mol. The second kappa shape index (κ2) is 8.02. The molecule has 1 aliphatic rings. The fourth-order valence-corrected chi connectivity index (χ4v) is 4.77. The number of esters is 1. The molecule has 0 radical (unpaired) electrons. The van der Waals surface area contributed by atoms with Crippen molar-refractivity contribution in [1.82, 2.24) is 15.0 Å². The van der Waals surface area contributed by atoms with Gasteiger partial charge in [-0.25, -0.2) is 4.68 Å². The zero-order valence-electron chi connectivity index (χ0n) is 15.8. The number of para-hydroxylation sites is 1. The lowest BCUT2D eigenvalue weighted by molar-refractivity contribution is -0.145. The number of carbonyl (C=O) groups excluding carboxylic acids is 1. The molecule has 2 aromatic carbocycles. The first-order valence-electron chi connectivity index (χ1n) is 9.14. The summed E-state index contributed by atoms with van der Waals surface area (Å²) in [6, 6.07) is 20.0. The van der Waals surface area contributed by atoms with Gasteiger partial charge in [-0.2, -0.15) is 0 Å². The predicted octanol–water partition coefficient (Wildman–Crippen LogP) is 4.24. The van der Waals surface area contributed by atoms with Gasteiger partial charge in [-0.05, 0) is 24.6 Å². The molecule has 2 atom stereocenters. The van der Waals surface area contributed by atoms with Gasteiger partial charge in [0.15, 0.2) is 0 Å². The van der Waals surface area contributed by atoms with E-state index in [0.717, 1.165) is 27.5 Å². The van der Waals surface area contributed by atoms with E-state index in [9.17, 15) is 4.79 Å². The first-order valence-corrected chi connectivity index (χ1v) is 10.1. The summed E-state index contributed by atoms with van der Waals surface area (Å²) in [5.41, 5.74) is 3.92. The van der Waals surface area contributed by atoms with E-state index in [-0.39, 0.29) is 17.8 Å². The third-order valence-electron chi connectivity index (χ3n) is 5.00. The number of hydrogen-bond acceptors (Lipinski definition) is 5. The molecule has 1 aromatic heterocycles. The molecule has 0 amide bonds. The number of nitrogens with zero attached hydrogens (tertiary/aromatic N) is 3. The molecule has 4 rings (SSSR count). The molecule has 0 saturated carbocycles. The third kappa shape index (κ3) is 3.47. The Balaban J connectivity index is 1.73. The van der Waals surface area contributed by atoms with Crippen molar-refractivity contribution in [1.29, 1.82) is 0 Å². The highest BCUT2D eigenvalue weighted by atomic mass is 32.2. The summed E-state index contributed by atoms with van der Waals surface area (Å²) in [6.45, 7) is 2.02. The Hall–Kier alpha value is -2.86. The molecule has 0 bridgehead atoms. The maximum atomic E-state index is 12.4. The lowest BCUT2D eigenvalue weighted by atomic mass is 9.86. The van der Waals surface area contributed by atoms with Crippen LogP contribution in [0.4, 0.5) is 0 Å². The molecule has 142 valence electrons. The molecule has 28 heavy (non-hydrogen) atoms. The van der Waals surface area contributed by atoms with Gasteiger partial charge < -0.3 is 4.74 Å². The summed E-state index contributed by atoms with van der Waals surface area (Å²) in [7, 11) is 1.45. The van der Waals surface area contributed by atoms with E-state index in [4.69, 9.17) is 4.74 Å². The van der Waals surface area contributed by atoms with Crippen LogP contribution >= 0.6 is 11.8 Å². The number of benzene rings is 2. The molecule has 3 aromatic rings. The number of hydrogen-bond donors (Lipinski definition) is 0. The maximum Gasteiger partial charge on any atom is 0.310 e. The highest BCUT2D eigenvalue weighted by Gasteiger charge is 2.34. The van der Waals surface area contributed by atoms with Gasteiger partial charge in [-0.3, -0.25) is 4.79 Å². The van der Waals surface area contributed by atoms with Gasteiger partial charge in [0.2, 0.25) is 0 Å². The molecule has 0 N–H and O–H groups in total. The normalized spacial score (nSPS) is 19.1. The second-order valence-corrected chi connectivity index (χ2v) is 7.74. The Kier molecular flexibility index (Phi) is 5.30. The van der Waals surface area contributed by atoms with Crippen molar-refractivity contribution in [2.24, 2.45) is 5.92 Å². The fraction of sp³-hybridized carbons (Fsp3) is 0.227. The number of allylic oxidation sites excluding steroid dienone is 1. The van der Waals surface area contributed by atoms with Crippen LogP contribution < -0.4 is 0 Å². The molecule has 5 nitrogen and oxygen atoms in total. The quantitative estimate of drug-likeness (QED) is 0.623. The van der Waals surface area contributed by atoms with Crippen LogP contribution in [0.3, 0.4) is 0 Å². The Morgan fingerprint density at radius 3 is 2.46 bits per heavy atom. The number of methoxy groups -OCH3 is 1. The summed E-state index contributed by atoms with van der Waals surface area (Å²) in [4.78, 5) is 13.4. The number of aromatic nitrogens is 3. The number of rotatable bonds is 4. The minimum absolute atomic E-state index is 0.0498. The molecule has 2 unspecified atom stereocenters. The summed E-state index contributed by atoms with van der Waals surface area (Å²) in [6.07, 6.45) is 2.14. The molecular weight excluding hydrogens is 370 g/mol. The van der Waals surface area contributed by atoms with E-state index in [0.29, 0.717) is 5.75 Å². The highest BCUT2D eigenvalue weighted by Crippen LogP contribution is 2.43. The third-order valence-corrected chi connectivity index (χ3v) is 6.17. The van der Waals surface area contributed by atoms with Crippen LogP contribution in [-0.2, 0) is 9.53 Å². The predicted molar refractivity (Wildman–Crippen MR) is 111 cm³/mol. The SMILES string of the molecule is COC(=O)C1CSC(c2nnn(-c3ccccc3)c2C)=CC1c1ccccc1. The molecule has 0 fully saturated rings. The van der Waals surface area contributed by atoms with Crippen molar-refractivity contribution < 1.29 is 9.53 Å². The lowest BCUT2D eigenvalue weighted by Crippen LogP contribution is -2.27. The number of ether oxygens (including phenoxy) is 1.